The van der Waals surface area contributed by atoms with E-state index in [1.165, 1.54) is 0 Å². The van der Waals surface area contributed by atoms with E-state index in [4.69, 9.17) is 4.74 Å². The van der Waals surface area contributed by atoms with Crippen LogP contribution in [0.3, 0.4) is 0 Å². The van der Waals surface area contributed by atoms with Gasteiger partial charge in [-0.2, -0.15) is 4.98 Å². The molecular weight excluding hydrogens is 292 g/mol. The van der Waals surface area contributed by atoms with Crippen LogP contribution in [0.25, 0.3) is 11.3 Å². The summed E-state index contributed by atoms with van der Waals surface area (Å²) >= 11 is 0. The fourth-order valence-corrected chi connectivity index (χ4v) is 2.49. The Morgan fingerprint density at radius 2 is 1.96 bits per heavy atom. The molecule has 0 bridgehead atoms. The third-order valence-electron chi connectivity index (χ3n) is 3.76. The third kappa shape index (κ3) is 4.37. The molecule has 2 aromatic rings. The Hall–Kier alpha value is -2.25. The molecule has 0 radical (unpaired) electrons. The van der Waals surface area contributed by atoms with Crippen LogP contribution >= 0.6 is 0 Å². The summed E-state index contributed by atoms with van der Waals surface area (Å²) in [6.07, 6.45) is 3.53. The van der Waals surface area contributed by atoms with Gasteiger partial charge in [-0.1, -0.05) is 0 Å². The molecule has 1 aliphatic rings. The number of aromatic nitrogens is 3. The van der Waals surface area contributed by atoms with Crippen molar-refractivity contribution in [3.8, 4) is 11.3 Å². The van der Waals surface area contributed by atoms with E-state index in [1.807, 2.05) is 25.2 Å². The highest BCUT2D eigenvalue weighted by Gasteiger charge is 2.10. The van der Waals surface area contributed by atoms with Crippen molar-refractivity contribution in [1.29, 1.82) is 0 Å². The van der Waals surface area contributed by atoms with Crippen LogP contribution < -0.4 is 10.6 Å². The van der Waals surface area contributed by atoms with E-state index in [0.717, 1.165) is 56.5 Å². The first-order valence-corrected chi connectivity index (χ1v) is 7.86. The lowest BCUT2D eigenvalue weighted by Gasteiger charge is -2.26. The van der Waals surface area contributed by atoms with Crippen LogP contribution in [0.4, 0.5) is 11.8 Å². The van der Waals surface area contributed by atoms with Crippen molar-refractivity contribution in [2.24, 2.45) is 0 Å². The van der Waals surface area contributed by atoms with Crippen molar-refractivity contribution in [2.75, 3.05) is 57.1 Å². The van der Waals surface area contributed by atoms with Crippen LogP contribution in [0, 0.1) is 0 Å². The topological polar surface area (TPSA) is 75.2 Å². The number of pyridine rings is 1. The summed E-state index contributed by atoms with van der Waals surface area (Å²) < 4.78 is 5.36. The molecule has 1 aliphatic heterocycles. The Bertz CT molecular complexity index is 615. The molecule has 0 unspecified atom stereocenters. The molecule has 23 heavy (non-hydrogen) atoms. The van der Waals surface area contributed by atoms with E-state index in [-0.39, 0.29) is 0 Å². The number of hydrogen-bond donors (Lipinski definition) is 2. The van der Waals surface area contributed by atoms with E-state index in [9.17, 15) is 0 Å². The van der Waals surface area contributed by atoms with Crippen LogP contribution in [0.5, 0.6) is 0 Å². The van der Waals surface area contributed by atoms with Gasteiger partial charge in [-0.25, -0.2) is 4.98 Å². The fourth-order valence-electron chi connectivity index (χ4n) is 2.49. The molecule has 1 saturated heterocycles. The highest BCUT2D eigenvalue weighted by atomic mass is 16.5. The zero-order chi connectivity index (χ0) is 15.9. The van der Waals surface area contributed by atoms with Gasteiger partial charge in [0.1, 0.15) is 5.82 Å². The average Bonchev–Trinajstić information content (AvgIpc) is 2.63. The number of nitrogens with one attached hydrogen (secondary N) is 2. The van der Waals surface area contributed by atoms with Gasteiger partial charge in [0.25, 0.3) is 0 Å². The molecule has 0 amide bonds. The maximum Gasteiger partial charge on any atom is 0.224 e. The highest BCUT2D eigenvalue weighted by molar-refractivity contribution is 5.63. The van der Waals surface area contributed by atoms with Crippen LogP contribution in [-0.2, 0) is 4.74 Å². The second-order valence-electron chi connectivity index (χ2n) is 5.33. The molecule has 3 heterocycles. The summed E-state index contributed by atoms with van der Waals surface area (Å²) in [5.41, 5.74) is 1.90. The molecule has 7 nitrogen and oxygen atoms in total. The zero-order valence-corrected chi connectivity index (χ0v) is 13.3. The number of morpholine rings is 1. The molecule has 0 atom stereocenters. The Balaban J connectivity index is 1.66. The monoisotopic (exact) mass is 314 g/mol. The Kier molecular flexibility index (Phi) is 5.33. The van der Waals surface area contributed by atoms with Crippen molar-refractivity contribution in [3.05, 3.63) is 30.6 Å². The van der Waals surface area contributed by atoms with Gasteiger partial charge >= 0.3 is 0 Å². The third-order valence-corrected chi connectivity index (χ3v) is 3.76. The van der Waals surface area contributed by atoms with Crippen molar-refractivity contribution in [2.45, 2.75) is 0 Å². The first kappa shape index (κ1) is 15.6. The van der Waals surface area contributed by atoms with Crippen molar-refractivity contribution in [3.63, 3.8) is 0 Å². The van der Waals surface area contributed by atoms with Crippen molar-refractivity contribution < 1.29 is 4.74 Å². The first-order valence-electron chi connectivity index (χ1n) is 7.86. The van der Waals surface area contributed by atoms with Crippen LogP contribution in [0.2, 0.25) is 0 Å². The van der Waals surface area contributed by atoms with Crippen LogP contribution in [0.1, 0.15) is 0 Å². The minimum atomic E-state index is 0.605. The molecule has 2 N–H and O–H groups in total. The lowest BCUT2D eigenvalue weighted by molar-refractivity contribution is 0.0398. The van der Waals surface area contributed by atoms with E-state index < -0.39 is 0 Å². The molecule has 122 valence electrons. The maximum atomic E-state index is 5.36. The number of ether oxygens (including phenoxy) is 1. The summed E-state index contributed by atoms with van der Waals surface area (Å²) in [5.74, 6) is 1.43. The van der Waals surface area contributed by atoms with Gasteiger partial charge < -0.3 is 15.4 Å². The maximum absolute atomic E-state index is 5.36. The lowest BCUT2D eigenvalue weighted by Crippen LogP contribution is -2.39. The molecule has 0 saturated carbocycles. The number of nitrogens with zero attached hydrogens (tertiary/aromatic N) is 4. The van der Waals surface area contributed by atoms with Gasteiger partial charge in [-0.3, -0.25) is 9.88 Å². The second-order valence-corrected chi connectivity index (χ2v) is 5.33. The van der Waals surface area contributed by atoms with Crippen molar-refractivity contribution >= 4 is 11.8 Å². The summed E-state index contributed by atoms with van der Waals surface area (Å²) in [7, 11) is 1.82. The van der Waals surface area contributed by atoms with Gasteiger partial charge in [-0.05, 0) is 12.1 Å². The quantitative estimate of drug-likeness (QED) is 0.833. The lowest BCUT2D eigenvalue weighted by atomic mass is 10.2. The number of rotatable bonds is 6. The van der Waals surface area contributed by atoms with E-state index in [0.29, 0.717) is 5.95 Å². The standard InChI is InChI=1S/C16H22N6O/c1-17-16-20-14(13-2-4-18-5-3-13)12-15(21-16)19-6-7-22-8-10-23-11-9-22/h2-5,12H,6-11H2,1H3,(H2,17,19,20,21). The summed E-state index contributed by atoms with van der Waals surface area (Å²) in [6, 6.07) is 5.86. The average molecular weight is 314 g/mol. The molecule has 3 rings (SSSR count). The summed E-state index contributed by atoms with van der Waals surface area (Å²) in [4.78, 5) is 15.4. The summed E-state index contributed by atoms with van der Waals surface area (Å²) in [6.45, 7) is 5.46. The second kappa shape index (κ2) is 7.85. The SMILES string of the molecule is CNc1nc(NCCN2CCOCC2)cc(-c2ccncc2)n1. The highest BCUT2D eigenvalue weighted by Crippen LogP contribution is 2.20. The van der Waals surface area contributed by atoms with Gasteiger partial charge in [0.15, 0.2) is 0 Å². The Labute approximate surface area is 136 Å². The Morgan fingerprint density at radius 3 is 2.70 bits per heavy atom. The smallest absolute Gasteiger partial charge is 0.224 e. The first-order chi connectivity index (χ1) is 11.3. The predicted octanol–water partition coefficient (Wildman–Crippen LogP) is 1.32. The Morgan fingerprint density at radius 1 is 1.17 bits per heavy atom. The minimum absolute atomic E-state index is 0.605. The molecule has 2 aromatic heterocycles. The molecule has 1 fully saturated rings. The molecule has 7 heteroatoms. The largest absolute Gasteiger partial charge is 0.379 e. The molecule has 0 spiro atoms. The predicted molar refractivity (Wildman–Crippen MR) is 90.6 cm³/mol. The van der Waals surface area contributed by atoms with Gasteiger partial charge in [0.05, 0.1) is 18.9 Å². The molecular formula is C16H22N6O. The molecule has 0 aromatic carbocycles. The van der Waals surface area contributed by atoms with Gasteiger partial charge in [0.2, 0.25) is 5.95 Å². The van der Waals surface area contributed by atoms with E-state index in [2.05, 4.69) is 30.5 Å². The molecule has 0 aliphatic carbocycles. The van der Waals surface area contributed by atoms with Crippen molar-refractivity contribution in [1.82, 2.24) is 19.9 Å². The number of anilines is 2. The van der Waals surface area contributed by atoms with Gasteiger partial charge in [-0.15, -0.1) is 0 Å². The van der Waals surface area contributed by atoms with E-state index >= 15 is 0 Å². The van der Waals surface area contributed by atoms with E-state index in [1.54, 1.807) is 12.4 Å². The summed E-state index contributed by atoms with van der Waals surface area (Å²) in [5, 5.41) is 6.40. The number of hydrogen-bond acceptors (Lipinski definition) is 7. The van der Waals surface area contributed by atoms with Gasteiger partial charge in [0, 0.05) is 57.3 Å². The normalized spacial score (nSPS) is 15.3. The minimum Gasteiger partial charge on any atom is -0.379 e. The fraction of sp³-hybridized carbons (Fsp3) is 0.438. The van der Waals surface area contributed by atoms with Crippen LogP contribution in [-0.4, -0.2) is 66.3 Å². The zero-order valence-electron chi connectivity index (χ0n) is 13.3. The van der Waals surface area contributed by atoms with Crippen LogP contribution in [0.15, 0.2) is 30.6 Å².